The molecule has 4 bridgehead atoms. The maximum Gasteiger partial charge on any atom is 0.412 e. The molecule has 1 N–H and O–H groups in total. The Morgan fingerprint density at radius 3 is 2.66 bits per heavy atom. The van der Waals surface area contributed by atoms with Gasteiger partial charge < -0.3 is 14.8 Å². The molecule has 32 heavy (non-hydrogen) atoms. The van der Waals surface area contributed by atoms with Gasteiger partial charge in [0.25, 0.3) is 0 Å². The van der Waals surface area contributed by atoms with Crippen molar-refractivity contribution in [3.8, 4) is 5.75 Å². The van der Waals surface area contributed by atoms with Crippen LogP contribution in [0.1, 0.15) is 82.6 Å². The highest BCUT2D eigenvalue weighted by Gasteiger charge is 2.67. The van der Waals surface area contributed by atoms with E-state index in [1.54, 1.807) is 0 Å². The van der Waals surface area contributed by atoms with Gasteiger partial charge >= 0.3 is 6.09 Å². The van der Waals surface area contributed by atoms with Crippen molar-refractivity contribution < 1.29 is 24.0 Å². The molecule has 0 radical (unpaired) electrons. The van der Waals surface area contributed by atoms with Gasteiger partial charge in [0.2, 0.25) is 11.6 Å². The average molecular weight is 442 g/mol. The largest absolute Gasteiger partial charge is 0.412 e. The second kappa shape index (κ2) is 8.00. The molecule has 174 valence electrons. The van der Waals surface area contributed by atoms with E-state index in [9.17, 15) is 4.79 Å². The summed E-state index contributed by atoms with van der Waals surface area (Å²) in [6, 6.07) is 7.91. The van der Waals surface area contributed by atoms with Crippen LogP contribution >= 0.6 is 0 Å². The van der Waals surface area contributed by atoms with Gasteiger partial charge in [-0.3, -0.25) is 0 Å². The van der Waals surface area contributed by atoms with Gasteiger partial charge in [-0.1, -0.05) is 19.1 Å². The quantitative estimate of drug-likeness (QED) is 0.610. The second-order valence-corrected chi connectivity index (χ2v) is 10.9. The van der Waals surface area contributed by atoms with E-state index in [0.717, 1.165) is 43.9 Å². The first-order valence-corrected chi connectivity index (χ1v) is 12.7. The number of hydrogen-bond acceptors (Lipinski definition) is 5. The zero-order chi connectivity index (χ0) is 21.8. The number of hydrogen-bond donors (Lipinski definition) is 1. The third-order valence-corrected chi connectivity index (χ3v) is 8.67. The molecule has 6 fully saturated rings. The van der Waals surface area contributed by atoms with Crippen molar-refractivity contribution >= 4 is 6.09 Å². The monoisotopic (exact) mass is 441 g/mol. The van der Waals surface area contributed by atoms with Crippen molar-refractivity contribution in [1.29, 1.82) is 0 Å². The lowest BCUT2D eigenvalue weighted by Gasteiger charge is -2.57. The van der Waals surface area contributed by atoms with Gasteiger partial charge in [-0.15, -0.1) is 0 Å². The number of nitrogens with one attached hydrogen (secondary N) is 1. The lowest BCUT2D eigenvalue weighted by atomic mass is 9.53. The lowest BCUT2D eigenvalue weighted by molar-refractivity contribution is -0.390. The molecule has 7 rings (SSSR count). The number of benzene rings is 1. The highest BCUT2D eigenvalue weighted by atomic mass is 17.3. The molecule has 5 aliphatic carbocycles. The fourth-order valence-corrected chi connectivity index (χ4v) is 7.46. The lowest BCUT2D eigenvalue weighted by Crippen LogP contribution is -2.59. The van der Waals surface area contributed by atoms with E-state index in [-0.39, 0.29) is 0 Å². The van der Waals surface area contributed by atoms with Crippen molar-refractivity contribution in [2.45, 2.75) is 88.6 Å². The Bertz CT molecular complexity index is 844. The topological polar surface area (TPSA) is 66.0 Å². The molecule has 6 nitrogen and oxygen atoms in total. The van der Waals surface area contributed by atoms with Crippen LogP contribution in [0.15, 0.2) is 24.3 Å². The predicted octanol–water partition coefficient (Wildman–Crippen LogP) is 5.67. The standard InChI is InChI=1S/C26H35NO5/c1-2-9-27-24(28)29-23-7-3-5-19(15-23)20-6-4-8-25(16-20)30-26(32-31-25)21-11-17-10-18(13-21)14-22(26)12-17/h3,5,7,15,17-18,20-22H,2,4,6,8-14,16H2,1H3,(H,27,28)/t17?,18?,20?,21?,22?,25-,26?/m1/s1. The summed E-state index contributed by atoms with van der Waals surface area (Å²) in [5, 5.41) is 2.76. The minimum absolute atomic E-state index is 0.293. The van der Waals surface area contributed by atoms with Crippen LogP contribution in [0, 0.1) is 23.7 Å². The predicted molar refractivity (Wildman–Crippen MR) is 118 cm³/mol. The first-order valence-electron chi connectivity index (χ1n) is 12.7. The van der Waals surface area contributed by atoms with Crippen molar-refractivity contribution in [3.05, 3.63) is 29.8 Å². The van der Waals surface area contributed by atoms with Crippen LogP contribution in [0.25, 0.3) is 0 Å². The fourth-order valence-electron chi connectivity index (χ4n) is 7.46. The van der Waals surface area contributed by atoms with Crippen molar-refractivity contribution in [2.24, 2.45) is 23.7 Å². The molecule has 1 unspecified atom stereocenters. The second-order valence-electron chi connectivity index (χ2n) is 10.9. The molecular weight excluding hydrogens is 406 g/mol. The van der Waals surface area contributed by atoms with Gasteiger partial charge in [0.15, 0.2) is 0 Å². The van der Waals surface area contributed by atoms with Crippen LogP contribution in [-0.2, 0) is 14.5 Å². The molecule has 1 aliphatic heterocycles. The third-order valence-electron chi connectivity index (χ3n) is 8.67. The molecule has 6 heteroatoms. The molecule has 1 amide bonds. The SMILES string of the molecule is CCCNC(=O)Oc1cccc(C2CCC[C@]3(C2)OOC2(O3)C3CC4CC(C3)CC2C4)c1. The van der Waals surface area contributed by atoms with Crippen molar-refractivity contribution in [1.82, 2.24) is 5.32 Å². The molecule has 5 saturated carbocycles. The Kier molecular flexibility index (Phi) is 5.23. The Labute approximate surface area is 190 Å². The van der Waals surface area contributed by atoms with Crippen LogP contribution in [0.4, 0.5) is 4.79 Å². The summed E-state index contributed by atoms with van der Waals surface area (Å²) in [6.45, 7) is 2.63. The summed E-state index contributed by atoms with van der Waals surface area (Å²) in [4.78, 5) is 24.3. The summed E-state index contributed by atoms with van der Waals surface area (Å²) >= 11 is 0. The van der Waals surface area contributed by atoms with Crippen LogP contribution in [0.2, 0.25) is 0 Å². The molecule has 1 saturated heterocycles. The maximum atomic E-state index is 12.0. The van der Waals surface area contributed by atoms with Gasteiger partial charge in [-0.2, -0.15) is 9.78 Å². The molecule has 1 aromatic carbocycles. The Morgan fingerprint density at radius 1 is 1.12 bits per heavy atom. The minimum Gasteiger partial charge on any atom is -0.410 e. The Morgan fingerprint density at radius 2 is 1.91 bits per heavy atom. The molecule has 2 atom stereocenters. The van der Waals surface area contributed by atoms with E-state index in [2.05, 4.69) is 11.4 Å². The highest BCUT2D eigenvalue weighted by Crippen LogP contribution is 2.64. The summed E-state index contributed by atoms with van der Waals surface area (Å²) < 4.78 is 12.4. The van der Waals surface area contributed by atoms with E-state index in [1.807, 2.05) is 25.1 Å². The maximum absolute atomic E-state index is 12.0. The van der Waals surface area contributed by atoms with Gasteiger partial charge in [0, 0.05) is 31.2 Å². The van der Waals surface area contributed by atoms with Crippen LogP contribution in [0.3, 0.4) is 0 Å². The number of rotatable bonds is 4. The van der Waals surface area contributed by atoms with E-state index in [1.165, 1.54) is 37.7 Å². The van der Waals surface area contributed by atoms with E-state index in [0.29, 0.717) is 30.0 Å². The Hall–Kier alpha value is -1.63. The summed E-state index contributed by atoms with van der Waals surface area (Å²) in [7, 11) is 0. The van der Waals surface area contributed by atoms with Gasteiger partial charge in [-0.25, -0.2) is 4.79 Å². The third kappa shape index (κ3) is 3.55. The summed E-state index contributed by atoms with van der Waals surface area (Å²) in [6.07, 6.45) is 10.6. The van der Waals surface area contributed by atoms with Gasteiger partial charge in [-0.05, 0) is 86.8 Å². The molecule has 1 heterocycles. The number of ether oxygens (including phenoxy) is 2. The van der Waals surface area contributed by atoms with Crippen LogP contribution < -0.4 is 10.1 Å². The van der Waals surface area contributed by atoms with Crippen molar-refractivity contribution in [2.75, 3.05) is 6.54 Å². The molecule has 0 aromatic heterocycles. The average Bonchev–Trinajstić information content (AvgIpc) is 3.15. The van der Waals surface area contributed by atoms with Crippen molar-refractivity contribution in [3.63, 3.8) is 0 Å². The Balaban J connectivity index is 1.16. The normalized spacial score (nSPS) is 42.0. The summed E-state index contributed by atoms with van der Waals surface area (Å²) in [5.74, 6) is 2.41. The number of amides is 1. The zero-order valence-electron chi connectivity index (χ0n) is 19.0. The highest BCUT2D eigenvalue weighted by molar-refractivity contribution is 5.70. The van der Waals surface area contributed by atoms with Gasteiger partial charge in [0.05, 0.1) is 0 Å². The number of carbonyl (C=O) groups excluding carboxylic acids is 1. The minimum atomic E-state index is -0.645. The molecular formula is C26H35NO5. The van der Waals surface area contributed by atoms with E-state index in [4.69, 9.17) is 19.2 Å². The molecule has 6 aliphatic rings. The first-order chi connectivity index (χ1) is 15.6. The van der Waals surface area contributed by atoms with Gasteiger partial charge in [0.1, 0.15) is 5.75 Å². The first kappa shape index (κ1) is 20.9. The number of carbonyl (C=O) groups is 1. The summed E-state index contributed by atoms with van der Waals surface area (Å²) in [5.41, 5.74) is 1.17. The molecule has 2 spiro atoms. The zero-order valence-corrected chi connectivity index (χ0v) is 19.0. The van der Waals surface area contributed by atoms with E-state index < -0.39 is 17.7 Å². The van der Waals surface area contributed by atoms with E-state index >= 15 is 0 Å². The smallest absolute Gasteiger partial charge is 0.410 e. The molecule has 1 aromatic rings. The van der Waals surface area contributed by atoms with Crippen LogP contribution in [-0.4, -0.2) is 24.2 Å². The fraction of sp³-hybridized carbons (Fsp3) is 0.731. The van der Waals surface area contributed by atoms with Crippen LogP contribution in [0.5, 0.6) is 5.75 Å².